The number of fused-ring (bicyclic) bond motifs is 6. The molecule has 6 aliphatic rings. The van der Waals surface area contributed by atoms with Crippen LogP contribution in [0.15, 0.2) is 128 Å². The fraction of sp³-hybridized carbons (Fsp3) is 0.268. The first-order valence-electron chi connectivity index (χ1n) is 16.7. The molecule has 2 aromatic rings. The zero-order valence-electron chi connectivity index (χ0n) is 27.3. The van der Waals surface area contributed by atoms with E-state index in [0.717, 1.165) is 53.7 Å². The maximum Gasteiger partial charge on any atom is 0.305 e. The molecule has 248 valence electrons. The molecule has 0 spiro atoms. The number of allylic oxidation sites excluding steroid dienone is 8. The molecule has 8 heteroatoms. The highest BCUT2D eigenvalue weighted by atomic mass is 79.9. The number of carbonyl (C=O) groups excluding carboxylic acids is 2. The van der Waals surface area contributed by atoms with Gasteiger partial charge in [-0.1, -0.05) is 105 Å². The van der Waals surface area contributed by atoms with Gasteiger partial charge in [0.2, 0.25) is 0 Å². The summed E-state index contributed by atoms with van der Waals surface area (Å²) in [7, 11) is 2.91. The smallest absolute Gasteiger partial charge is 0.305 e. The molecule has 0 radical (unpaired) electrons. The molecule has 0 fully saturated rings. The Bertz CT molecular complexity index is 1920. The van der Waals surface area contributed by atoms with Gasteiger partial charge in [-0.3, -0.25) is 9.59 Å². The molecular formula is C41H36Br2N2O4. The van der Waals surface area contributed by atoms with E-state index in [9.17, 15) is 9.59 Å². The number of halogens is 2. The predicted molar refractivity (Wildman–Crippen MR) is 199 cm³/mol. The van der Waals surface area contributed by atoms with Crippen molar-refractivity contribution in [2.75, 3.05) is 14.2 Å². The van der Waals surface area contributed by atoms with E-state index in [2.05, 4.69) is 140 Å². The van der Waals surface area contributed by atoms with Crippen molar-refractivity contribution < 1.29 is 19.1 Å². The minimum Gasteiger partial charge on any atom is -0.469 e. The molecule has 2 aliphatic heterocycles. The van der Waals surface area contributed by atoms with Gasteiger partial charge in [-0.15, -0.1) is 0 Å². The van der Waals surface area contributed by atoms with Crippen molar-refractivity contribution in [1.82, 2.24) is 10.6 Å². The third-order valence-corrected chi connectivity index (χ3v) is 12.0. The Morgan fingerprint density at radius 1 is 0.694 bits per heavy atom. The lowest BCUT2D eigenvalue weighted by Gasteiger charge is -2.45. The van der Waals surface area contributed by atoms with Gasteiger partial charge in [0.1, 0.15) is 0 Å². The number of hydrogen-bond acceptors (Lipinski definition) is 6. The summed E-state index contributed by atoms with van der Waals surface area (Å²) in [5, 5.41) is 7.75. The Balaban J connectivity index is 1.40. The average molecular weight is 781 g/mol. The molecule has 2 aromatic carbocycles. The van der Waals surface area contributed by atoms with Gasteiger partial charge >= 0.3 is 11.9 Å². The fourth-order valence-corrected chi connectivity index (χ4v) is 9.52. The SMILES string of the molecule is COC(=O)CCC1(CC2(CCC(=O)OC)C3=C(NC4C=CC=CC4=C3)c3ccc(Br)cc32)C2=C(NC3C=CC=CC3=C2)c2ccc(Br)cc21. The summed E-state index contributed by atoms with van der Waals surface area (Å²) in [5.41, 5.74) is 10.2. The van der Waals surface area contributed by atoms with E-state index in [4.69, 9.17) is 9.47 Å². The Kier molecular flexibility index (Phi) is 8.07. The van der Waals surface area contributed by atoms with Crippen LogP contribution in [-0.2, 0) is 29.9 Å². The summed E-state index contributed by atoms with van der Waals surface area (Å²) in [6.45, 7) is 0. The quantitative estimate of drug-likeness (QED) is 0.264. The highest BCUT2D eigenvalue weighted by Gasteiger charge is 2.55. The van der Waals surface area contributed by atoms with Gasteiger partial charge in [-0.25, -0.2) is 0 Å². The zero-order valence-corrected chi connectivity index (χ0v) is 30.5. The molecule has 2 N–H and O–H groups in total. The molecule has 49 heavy (non-hydrogen) atoms. The largest absolute Gasteiger partial charge is 0.469 e. The Labute approximate surface area is 303 Å². The Hall–Kier alpha value is -4.14. The molecular weight excluding hydrogens is 744 g/mol. The van der Waals surface area contributed by atoms with Crippen LogP contribution in [0, 0.1) is 0 Å². The first-order chi connectivity index (χ1) is 23.8. The number of esters is 2. The number of hydrogen-bond donors (Lipinski definition) is 2. The van der Waals surface area contributed by atoms with Crippen molar-refractivity contribution in [2.45, 2.75) is 55.0 Å². The molecule has 0 bridgehead atoms. The van der Waals surface area contributed by atoms with Crippen molar-refractivity contribution in [3.63, 3.8) is 0 Å². The summed E-state index contributed by atoms with van der Waals surface area (Å²) in [6.07, 6.45) is 23.8. The number of rotatable bonds is 8. The monoisotopic (exact) mass is 778 g/mol. The van der Waals surface area contributed by atoms with Gasteiger partial charge < -0.3 is 20.1 Å². The number of nitrogens with one attached hydrogen (secondary N) is 2. The fourth-order valence-electron chi connectivity index (χ4n) is 8.79. The first-order valence-corrected chi connectivity index (χ1v) is 18.2. The molecule has 8 rings (SSSR count). The van der Waals surface area contributed by atoms with E-state index in [1.54, 1.807) is 0 Å². The highest BCUT2D eigenvalue weighted by Crippen LogP contribution is 2.62. The highest BCUT2D eigenvalue weighted by molar-refractivity contribution is 9.10. The minimum absolute atomic E-state index is 0.0535. The van der Waals surface area contributed by atoms with Gasteiger partial charge in [0.15, 0.2) is 0 Å². The van der Waals surface area contributed by atoms with E-state index in [0.29, 0.717) is 19.3 Å². The second-order valence-electron chi connectivity index (χ2n) is 13.5. The van der Waals surface area contributed by atoms with Crippen LogP contribution >= 0.6 is 31.9 Å². The van der Waals surface area contributed by atoms with E-state index in [1.807, 2.05) is 0 Å². The molecule has 6 nitrogen and oxygen atoms in total. The van der Waals surface area contributed by atoms with E-state index >= 15 is 0 Å². The Morgan fingerprint density at radius 3 is 1.57 bits per heavy atom. The van der Waals surface area contributed by atoms with Crippen LogP contribution in [0.5, 0.6) is 0 Å². The molecule has 2 heterocycles. The lowest BCUT2D eigenvalue weighted by molar-refractivity contribution is -0.141. The van der Waals surface area contributed by atoms with E-state index in [-0.39, 0.29) is 36.9 Å². The third kappa shape index (κ3) is 5.18. The molecule has 0 amide bonds. The average Bonchev–Trinajstić information content (AvgIpc) is 3.52. The van der Waals surface area contributed by atoms with Gasteiger partial charge in [0.25, 0.3) is 0 Å². The second-order valence-corrected chi connectivity index (χ2v) is 15.3. The summed E-state index contributed by atoms with van der Waals surface area (Å²) in [5.74, 6) is -0.498. The standard InChI is InChI=1S/C41H36Br2N2O4/c1-48-36(46)15-17-40(30-21-26(42)11-13-28(30)38-32(40)19-24-7-3-5-9-34(24)44-38)23-41(18-16-37(47)49-2)31-22-27(43)12-14-29(31)39-33(41)20-25-8-4-6-10-35(25)45-39/h3-14,19-22,34-35,44-45H,15-18,23H2,1-2H3. The maximum atomic E-state index is 13.1. The van der Waals surface area contributed by atoms with Crippen LogP contribution in [0.3, 0.4) is 0 Å². The van der Waals surface area contributed by atoms with Crippen LogP contribution in [-0.4, -0.2) is 38.2 Å². The van der Waals surface area contributed by atoms with Crippen molar-refractivity contribution >= 4 is 55.2 Å². The molecule has 0 saturated carbocycles. The van der Waals surface area contributed by atoms with Crippen molar-refractivity contribution in [1.29, 1.82) is 0 Å². The summed E-state index contributed by atoms with van der Waals surface area (Å²) < 4.78 is 12.5. The Morgan fingerprint density at radius 2 is 1.14 bits per heavy atom. The normalized spacial score (nSPS) is 26.4. The lowest BCUT2D eigenvalue weighted by atomic mass is 9.58. The van der Waals surface area contributed by atoms with Gasteiger partial charge in [-0.05, 0) is 76.9 Å². The van der Waals surface area contributed by atoms with Crippen LogP contribution in [0.1, 0.15) is 54.4 Å². The molecule has 0 aromatic heterocycles. The zero-order chi connectivity index (χ0) is 33.9. The molecule has 4 aliphatic carbocycles. The van der Waals surface area contributed by atoms with Crippen molar-refractivity contribution in [3.8, 4) is 0 Å². The van der Waals surface area contributed by atoms with E-state index < -0.39 is 10.8 Å². The lowest BCUT2D eigenvalue weighted by Crippen LogP contribution is -2.41. The van der Waals surface area contributed by atoms with Crippen molar-refractivity contribution in [3.05, 3.63) is 151 Å². The predicted octanol–water partition coefficient (Wildman–Crippen LogP) is 8.18. The molecule has 4 atom stereocenters. The van der Waals surface area contributed by atoms with Crippen molar-refractivity contribution in [2.24, 2.45) is 0 Å². The van der Waals surface area contributed by atoms with Crippen LogP contribution in [0.4, 0.5) is 0 Å². The third-order valence-electron chi connectivity index (χ3n) is 11.0. The maximum absolute atomic E-state index is 13.1. The second kappa shape index (κ2) is 12.3. The number of carbonyl (C=O) groups is 2. The van der Waals surface area contributed by atoms with Gasteiger partial charge in [-0.2, -0.15) is 0 Å². The van der Waals surface area contributed by atoms with Gasteiger partial charge in [0.05, 0.1) is 26.3 Å². The van der Waals surface area contributed by atoms with Crippen LogP contribution < -0.4 is 10.6 Å². The van der Waals surface area contributed by atoms with Gasteiger partial charge in [0, 0.05) is 55.1 Å². The summed E-state index contributed by atoms with van der Waals surface area (Å²) in [4.78, 5) is 26.1. The number of ether oxygens (including phenoxy) is 2. The van der Waals surface area contributed by atoms with E-state index in [1.165, 1.54) is 25.4 Å². The number of benzene rings is 2. The summed E-state index contributed by atoms with van der Waals surface area (Å²) >= 11 is 7.61. The number of dihydropyridines is 2. The first kappa shape index (κ1) is 32.1. The minimum atomic E-state index is -0.627. The topological polar surface area (TPSA) is 76.7 Å². The molecule has 4 unspecified atom stereocenters. The molecule has 0 saturated heterocycles. The van der Waals surface area contributed by atoms with Crippen LogP contribution in [0.2, 0.25) is 0 Å². The van der Waals surface area contributed by atoms with Crippen LogP contribution in [0.25, 0.3) is 11.4 Å². The number of methoxy groups -OCH3 is 2. The summed E-state index contributed by atoms with van der Waals surface area (Å²) in [6, 6.07) is 13.1.